The number of pyridine rings is 1. The minimum absolute atomic E-state index is 0.0357. The van der Waals surface area contributed by atoms with E-state index in [2.05, 4.69) is 10.3 Å². The maximum absolute atomic E-state index is 12.6. The number of thioether (sulfide) groups is 1. The number of esters is 1. The fourth-order valence-corrected chi connectivity index (χ4v) is 3.87. The molecule has 0 spiro atoms. The molecule has 170 valence electrons. The largest absolute Gasteiger partial charge is 0.481 e. The van der Waals surface area contributed by atoms with Gasteiger partial charge in [-0.05, 0) is 17.7 Å². The summed E-state index contributed by atoms with van der Waals surface area (Å²) in [6, 6.07) is 11.2. The standard InChI is InChI=1S/C22H24N2O7S/c1-30-21(28)18(24-22(29)31-12-15-6-3-2-4-7-15)14-32-13-17(10-19(25)26)20(27)16-8-5-9-23-11-16/h2-9,11,17-18H,10,12-14H2,1H3,(H,24,29)(H,25,26)/t17?,18-/m1/s1. The van der Waals surface area contributed by atoms with Crippen molar-refractivity contribution in [3.8, 4) is 0 Å². The molecule has 0 radical (unpaired) electrons. The van der Waals surface area contributed by atoms with E-state index >= 15 is 0 Å². The third-order valence-corrected chi connectivity index (χ3v) is 5.54. The van der Waals surface area contributed by atoms with Gasteiger partial charge in [0, 0.05) is 35.4 Å². The summed E-state index contributed by atoms with van der Waals surface area (Å²) in [6.45, 7) is 0.0357. The number of carboxylic acid groups (broad SMARTS) is 1. The van der Waals surface area contributed by atoms with Crippen LogP contribution in [0.3, 0.4) is 0 Å². The zero-order valence-corrected chi connectivity index (χ0v) is 18.2. The Labute approximate surface area is 189 Å². The van der Waals surface area contributed by atoms with E-state index in [0.29, 0.717) is 5.56 Å². The molecular weight excluding hydrogens is 436 g/mol. The van der Waals surface area contributed by atoms with E-state index in [4.69, 9.17) is 14.6 Å². The number of carbonyl (C=O) groups excluding carboxylic acids is 3. The number of ether oxygens (including phenoxy) is 2. The molecule has 1 heterocycles. The number of nitrogens with zero attached hydrogens (tertiary/aromatic N) is 1. The van der Waals surface area contributed by atoms with Crippen LogP contribution in [-0.4, -0.2) is 58.6 Å². The lowest BCUT2D eigenvalue weighted by Crippen LogP contribution is -2.43. The first-order valence-corrected chi connectivity index (χ1v) is 10.8. The van der Waals surface area contributed by atoms with Gasteiger partial charge in [-0.1, -0.05) is 30.3 Å². The van der Waals surface area contributed by atoms with Crippen LogP contribution in [0.2, 0.25) is 0 Å². The van der Waals surface area contributed by atoms with Crippen molar-refractivity contribution in [1.82, 2.24) is 10.3 Å². The molecule has 1 unspecified atom stereocenters. The Morgan fingerprint density at radius 1 is 1.09 bits per heavy atom. The number of aliphatic carboxylic acids is 1. The normalized spacial score (nSPS) is 12.3. The number of methoxy groups -OCH3 is 1. The molecule has 1 aromatic carbocycles. The molecule has 2 aromatic rings. The van der Waals surface area contributed by atoms with Crippen LogP contribution in [0.5, 0.6) is 0 Å². The van der Waals surface area contributed by atoms with Gasteiger partial charge in [-0.2, -0.15) is 11.8 Å². The highest BCUT2D eigenvalue weighted by atomic mass is 32.2. The summed E-state index contributed by atoms with van der Waals surface area (Å²) in [7, 11) is 1.19. The fourth-order valence-electron chi connectivity index (χ4n) is 2.73. The minimum atomic E-state index is -1.11. The Balaban J connectivity index is 1.92. The molecule has 1 amide bonds. The molecule has 2 N–H and O–H groups in total. The highest BCUT2D eigenvalue weighted by Crippen LogP contribution is 2.19. The third kappa shape index (κ3) is 8.38. The van der Waals surface area contributed by atoms with Crippen LogP contribution in [-0.2, 0) is 25.7 Å². The van der Waals surface area contributed by atoms with Crippen molar-refractivity contribution in [1.29, 1.82) is 0 Å². The lowest BCUT2D eigenvalue weighted by molar-refractivity contribution is -0.142. The van der Waals surface area contributed by atoms with Gasteiger partial charge in [-0.3, -0.25) is 14.6 Å². The van der Waals surface area contributed by atoms with E-state index in [0.717, 1.165) is 17.3 Å². The highest BCUT2D eigenvalue weighted by molar-refractivity contribution is 7.99. The lowest BCUT2D eigenvalue weighted by Gasteiger charge is -2.18. The van der Waals surface area contributed by atoms with E-state index in [1.807, 2.05) is 18.2 Å². The predicted octanol–water partition coefficient (Wildman–Crippen LogP) is 2.56. The Morgan fingerprint density at radius 3 is 2.47 bits per heavy atom. The average molecular weight is 461 g/mol. The molecular formula is C22H24N2O7S. The molecule has 2 atom stereocenters. The third-order valence-electron chi connectivity index (χ3n) is 4.33. The molecule has 9 nitrogen and oxygen atoms in total. The summed E-state index contributed by atoms with van der Waals surface area (Å²) in [5.74, 6) is -2.75. The van der Waals surface area contributed by atoms with Gasteiger partial charge >= 0.3 is 18.0 Å². The second-order valence-electron chi connectivity index (χ2n) is 6.72. The molecule has 2 rings (SSSR count). The summed E-state index contributed by atoms with van der Waals surface area (Å²) in [5.41, 5.74) is 1.10. The first-order chi connectivity index (χ1) is 15.4. The van der Waals surface area contributed by atoms with Crippen LogP contribution in [0.4, 0.5) is 4.79 Å². The molecule has 0 saturated heterocycles. The Morgan fingerprint density at radius 2 is 1.84 bits per heavy atom. The summed E-state index contributed by atoms with van der Waals surface area (Å²) >= 11 is 1.16. The van der Waals surface area contributed by atoms with E-state index < -0.39 is 30.0 Å². The van der Waals surface area contributed by atoms with E-state index in [1.165, 1.54) is 19.5 Å². The van der Waals surface area contributed by atoms with Crippen molar-refractivity contribution in [3.05, 3.63) is 66.0 Å². The number of ketones is 1. The van der Waals surface area contributed by atoms with Gasteiger partial charge in [-0.15, -0.1) is 0 Å². The van der Waals surface area contributed by atoms with Crippen molar-refractivity contribution in [2.75, 3.05) is 18.6 Å². The smallest absolute Gasteiger partial charge is 0.408 e. The van der Waals surface area contributed by atoms with Crippen LogP contribution in [0.1, 0.15) is 22.3 Å². The summed E-state index contributed by atoms with van der Waals surface area (Å²) in [6.07, 6.45) is 1.74. The molecule has 10 heteroatoms. The SMILES string of the molecule is COC(=O)[C@@H](CSCC(CC(=O)O)C(=O)c1cccnc1)NC(=O)OCc1ccccc1. The predicted molar refractivity (Wildman–Crippen MR) is 117 cm³/mol. The number of nitrogens with one attached hydrogen (secondary N) is 1. The van der Waals surface area contributed by atoms with Crippen molar-refractivity contribution >= 4 is 35.6 Å². The summed E-state index contributed by atoms with van der Waals surface area (Å²) in [4.78, 5) is 51.9. The van der Waals surface area contributed by atoms with Crippen LogP contribution in [0.15, 0.2) is 54.9 Å². The Bertz CT molecular complexity index is 909. The van der Waals surface area contributed by atoms with Gasteiger partial charge in [0.2, 0.25) is 0 Å². The maximum atomic E-state index is 12.6. The fraction of sp³-hybridized carbons (Fsp3) is 0.318. The minimum Gasteiger partial charge on any atom is -0.481 e. The van der Waals surface area contributed by atoms with E-state index in [-0.39, 0.29) is 30.3 Å². The van der Waals surface area contributed by atoms with Crippen molar-refractivity contribution in [2.45, 2.75) is 19.1 Å². The number of rotatable bonds is 12. The number of Topliss-reactive ketones (excluding diaryl/α,β-unsaturated/α-hetero) is 1. The van der Waals surface area contributed by atoms with Gasteiger partial charge in [0.05, 0.1) is 13.5 Å². The van der Waals surface area contributed by atoms with E-state index in [1.54, 1.807) is 24.3 Å². The molecule has 0 fully saturated rings. The zero-order valence-electron chi connectivity index (χ0n) is 17.4. The summed E-state index contributed by atoms with van der Waals surface area (Å²) in [5, 5.41) is 11.6. The molecule has 32 heavy (non-hydrogen) atoms. The van der Waals surface area contributed by atoms with Gasteiger partial charge in [-0.25, -0.2) is 9.59 Å². The Hall–Kier alpha value is -3.40. The number of hydrogen-bond acceptors (Lipinski definition) is 8. The second-order valence-corrected chi connectivity index (χ2v) is 7.79. The number of amides is 1. The van der Waals surface area contributed by atoms with Gasteiger partial charge in [0.25, 0.3) is 0 Å². The van der Waals surface area contributed by atoms with Crippen LogP contribution < -0.4 is 5.32 Å². The number of alkyl carbamates (subject to hydrolysis) is 1. The maximum Gasteiger partial charge on any atom is 0.408 e. The average Bonchev–Trinajstić information content (AvgIpc) is 2.81. The van der Waals surface area contributed by atoms with Crippen LogP contribution >= 0.6 is 11.8 Å². The van der Waals surface area contributed by atoms with Gasteiger partial charge < -0.3 is 19.9 Å². The zero-order chi connectivity index (χ0) is 23.3. The molecule has 0 aliphatic rings. The second kappa shape index (κ2) is 13.1. The number of carbonyl (C=O) groups is 4. The van der Waals surface area contributed by atoms with Crippen LogP contribution in [0, 0.1) is 5.92 Å². The highest BCUT2D eigenvalue weighted by Gasteiger charge is 2.26. The summed E-state index contributed by atoms with van der Waals surface area (Å²) < 4.78 is 9.85. The molecule has 0 bridgehead atoms. The van der Waals surface area contributed by atoms with Crippen LogP contribution in [0.25, 0.3) is 0 Å². The molecule has 0 aliphatic carbocycles. The quantitative estimate of drug-likeness (QED) is 0.362. The Kier molecular flexibility index (Phi) is 10.2. The first-order valence-electron chi connectivity index (χ1n) is 9.69. The molecule has 1 aromatic heterocycles. The number of benzene rings is 1. The van der Waals surface area contributed by atoms with Crippen molar-refractivity contribution < 1.29 is 33.8 Å². The number of aromatic nitrogens is 1. The number of hydrogen-bond donors (Lipinski definition) is 2. The first kappa shape index (κ1) is 24.9. The van der Waals surface area contributed by atoms with Crippen molar-refractivity contribution in [3.63, 3.8) is 0 Å². The van der Waals surface area contributed by atoms with Gasteiger partial charge in [0.15, 0.2) is 5.78 Å². The van der Waals surface area contributed by atoms with Crippen molar-refractivity contribution in [2.24, 2.45) is 5.92 Å². The number of carboxylic acids is 1. The van der Waals surface area contributed by atoms with Gasteiger partial charge in [0.1, 0.15) is 12.6 Å². The molecule has 0 aliphatic heterocycles. The lowest BCUT2D eigenvalue weighted by atomic mass is 9.97. The monoisotopic (exact) mass is 460 g/mol. The van der Waals surface area contributed by atoms with E-state index in [9.17, 15) is 19.2 Å². The molecule has 0 saturated carbocycles. The topological polar surface area (TPSA) is 132 Å².